The molecule has 0 saturated heterocycles. The fraction of sp³-hybridized carbons (Fsp3) is 0.136. The standard InChI is InChI=1S/C22H22N2O5S/c1-15-6-4-5-7-19(15)24-30(26,27)18-11-8-16(9-12-18)22(25)23-20-14-17(28-2)10-13-21(20)29-3/h4-14,24H,1-3H3,(H,23,25). The Bertz CT molecular complexity index is 1160. The van der Waals surface area contributed by atoms with E-state index in [-0.39, 0.29) is 4.90 Å². The van der Waals surface area contributed by atoms with Crippen molar-refractivity contribution >= 4 is 27.3 Å². The number of benzene rings is 3. The molecule has 0 spiro atoms. The van der Waals surface area contributed by atoms with Gasteiger partial charge in [0.25, 0.3) is 15.9 Å². The van der Waals surface area contributed by atoms with Crippen LogP contribution in [-0.2, 0) is 10.0 Å². The molecule has 8 heteroatoms. The number of rotatable bonds is 7. The smallest absolute Gasteiger partial charge is 0.261 e. The Kier molecular flexibility index (Phi) is 6.27. The number of ether oxygens (including phenoxy) is 2. The van der Waals surface area contributed by atoms with Gasteiger partial charge in [-0.2, -0.15) is 0 Å². The van der Waals surface area contributed by atoms with E-state index in [1.807, 2.05) is 19.1 Å². The van der Waals surface area contributed by atoms with Gasteiger partial charge in [0.05, 0.1) is 30.5 Å². The van der Waals surface area contributed by atoms with E-state index in [0.717, 1.165) is 5.56 Å². The highest BCUT2D eigenvalue weighted by molar-refractivity contribution is 7.92. The molecule has 3 aromatic carbocycles. The van der Waals surface area contributed by atoms with Crippen LogP contribution in [0.5, 0.6) is 11.5 Å². The predicted molar refractivity (Wildman–Crippen MR) is 116 cm³/mol. The first kappa shape index (κ1) is 21.2. The number of amides is 1. The minimum absolute atomic E-state index is 0.0567. The maximum absolute atomic E-state index is 12.6. The van der Waals surface area contributed by atoms with Crippen LogP contribution in [0.25, 0.3) is 0 Å². The average molecular weight is 426 g/mol. The highest BCUT2D eigenvalue weighted by atomic mass is 32.2. The van der Waals surface area contributed by atoms with E-state index in [4.69, 9.17) is 9.47 Å². The number of sulfonamides is 1. The molecule has 156 valence electrons. The molecule has 0 aliphatic rings. The summed E-state index contributed by atoms with van der Waals surface area (Å²) in [4.78, 5) is 12.7. The van der Waals surface area contributed by atoms with Gasteiger partial charge in [-0.15, -0.1) is 0 Å². The third kappa shape index (κ3) is 4.72. The second kappa shape index (κ2) is 8.87. The minimum atomic E-state index is -3.78. The van der Waals surface area contributed by atoms with Crippen LogP contribution >= 0.6 is 0 Å². The van der Waals surface area contributed by atoms with Crippen LogP contribution in [0.15, 0.2) is 71.6 Å². The second-order valence-corrected chi connectivity index (χ2v) is 8.15. The molecule has 2 N–H and O–H groups in total. The summed E-state index contributed by atoms with van der Waals surface area (Å²) in [6.07, 6.45) is 0. The zero-order valence-corrected chi connectivity index (χ0v) is 17.6. The van der Waals surface area contributed by atoms with Crippen molar-refractivity contribution in [2.75, 3.05) is 24.3 Å². The fourth-order valence-corrected chi connectivity index (χ4v) is 3.91. The Hall–Kier alpha value is -3.52. The molecule has 0 fully saturated rings. The number of methoxy groups -OCH3 is 2. The zero-order chi connectivity index (χ0) is 21.7. The van der Waals surface area contributed by atoms with Crippen molar-refractivity contribution in [2.24, 2.45) is 0 Å². The highest BCUT2D eigenvalue weighted by Crippen LogP contribution is 2.29. The summed E-state index contributed by atoms with van der Waals surface area (Å²) in [7, 11) is -0.751. The van der Waals surface area contributed by atoms with Gasteiger partial charge in [-0.1, -0.05) is 18.2 Å². The molecular formula is C22H22N2O5S. The van der Waals surface area contributed by atoms with Crippen molar-refractivity contribution in [3.8, 4) is 11.5 Å². The van der Waals surface area contributed by atoms with Crippen LogP contribution < -0.4 is 19.5 Å². The van der Waals surface area contributed by atoms with Gasteiger partial charge in [-0.3, -0.25) is 9.52 Å². The van der Waals surface area contributed by atoms with Crippen molar-refractivity contribution in [1.29, 1.82) is 0 Å². The number of hydrogen-bond donors (Lipinski definition) is 2. The fourth-order valence-electron chi connectivity index (χ4n) is 2.78. The Morgan fingerprint density at radius 1 is 0.867 bits per heavy atom. The van der Waals surface area contributed by atoms with Crippen molar-refractivity contribution in [1.82, 2.24) is 0 Å². The first-order valence-electron chi connectivity index (χ1n) is 9.06. The Labute approximate surface area is 175 Å². The van der Waals surface area contributed by atoms with Crippen LogP contribution in [0.1, 0.15) is 15.9 Å². The molecule has 3 rings (SSSR count). The number of para-hydroxylation sites is 1. The maximum atomic E-state index is 12.6. The lowest BCUT2D eigenvalue weighted by molar-refractivity contribution is 0.102. The molecule has 0 unspecified atom stereocenters. The lowest BCUT2D eigenvalue weighted by Gasteiger charge is -2.13. The van der Waals surface area contributed by atoms with Gasteiger partial charge < -0.3 is 14.8 Å². The molecule has 0 saturated carbocycles. The summed E-state index contributed by atoms with van der Waals surface area (Å²) < 4.78 is 38.3. The third-order valence-corrected chi connectivity index (χ3v) is 5.85. The van der Waals surface area contributed by atoms with Crippen molar-refractivity contribution in [3.05, 3.63) is 77.9 Å². The maximum Gasteiger partial charge on any atom is 0.261 e. The van der Waals surface area contributed by atoms with E-state index in [2.05, 4.69) is 10.0 Å². The van der Waals surface area contributed by atoms with Gasteiger partial charge in [0.15, 0.2) is 0 Å². The molecule has 0 atom stereocenters. The van der Waals surface area contributed by atoms with Gasteiger partial charge >= 0.3 is 0 Å². The van der Waals surface area contributed by atoms with E-state index in [0.29, 0.717) is 28.4 Å². The molecule has 30 heavy (non-hydrogen) atoms. The Morgan fingerprint density at radius 2 is 1.57 bits per heavy atom. The third-order valence-electron chi connectivity index (χ3n) is 4.47. The van der Waals surface area contributed by atoms with Crippen LogP contribution in [0.4, 0.5) is 11.4 Å². The number of carbonyl (C=O) groups excluding carboxylic acids is 1. The normalized spacial score (nSPS) is 10.9. The number of carbonyl (C=O) groups is 1. The quantitative estimate of drug-likeness (QED) is 0.594. The summed E-state index contributed by atoms with van der Waals surface area (Å²) in [5.74, 6) is 0.637. The molecule has 3 aromatic rings. The first-order chi connectivity index (χ1) is 14.3. The molecule has 0 heterocycles. The van der Waals surface area contributed by atoms with Gasteiger partial charge in [0.2, 0.25) is 0 Å². The summed E-state index contributed by atoms with van der Waals surface area (Å²) in [6.45, 7) is 1.82. The van der Waals surface area contributed by atoms with Crippen LogP contribution in [0.2, 0.25) is 0 Å². The second-order valence-electron chi connectivity index (χ2n) is 6.47. The Balaban J connectivity index is 1.78. The molecule has 0 aliphatic carbocycles. The largest absolute Gasteiger partial charge is 0.497 e. The Morgan fingerprint density at radius 3 is 2.20 bits per heavy atom. The lowest BCUT2D eigenvalue weighted by Crippen LogP contribution is -2.15. The summed E-state index contributed by atoms with van der Waals surface area (Å²) >= 11 is 0. The van der Waals surface area contributed by atoms with E-state index in [1.165, 1.54) is 38.5 Å². The zero-order valence-electron chi connectivity index (χ0n) is 16.8. The van der Waals surface area contributed by atoms with Crippen LogP contribution in [0, 0.1) is 6.92 Å². The van der Waals surface area contributed by atoms with Crippen molar-refractivity contribution < 1.29 is 22.7 Å². The van der Waals surface area contributed by atoms with E-state index < -0.39 is 15.9 Å². The highest BCUT2D eigenvalue weighted by Gasteiger charge is 2.17. The number of hydrogen-bond acceptors (Lipinski definition) is 5. The molecule has 1 amide bonds. The minimum Gasteiger partial charge on any atom is -0.497 e. The number of aryl methyl sites for hydroxylation is 1. The number of anilines is 2. The monoisotopic (exact) mass is 426 g/mol. The van der Waals surface area contributed by atoms with Crippen LogP contribution in [0.3, 0.4) is 0 Å². The number of nitrogens with one attached hydrogen (secondary N) is 2. The molecule has 7 nitrogen and oxygen atoms in total. The van der Waals surface area contributed by atoms with Gasteiger partial charge in [-0.05, 0) is 55.0 Å². The molecule has 0 radical (unpaired) electrons. The van der Waals surface area contributed by atoms with E-state index in [9.17, 15) is 13.2 Å². The van der Waals surface area contributed by atoms with Gasteiger partial charge in [0, 0.05) is 11.6 Å². The van der Waals surface area contributed by atoms with E-state index >= 15 is 0 Å². The van der Waals surface area contributed by atoms with Gasteiger partial charge in [-0.25, -0.2) is 8.42 Å². The molecule has 0 bridgehead atoms. The van der Waals surface area contributed by atoms with Crippen LogP contribution in [-0.4, -0.2) is 28.5 Å². The molecular weight excluding hydrogens is 404 g/mol. The summed E-state index contributed by atoms with van der Waals surface area (Å²) in [5.41, 5.74) is 2.06. The molecule has 0 aliphatic heterocycles. The van der Waals surface area contributed by atoms with Gasteiger partial charge in [0.1, 0.15) is 11.5 Å². The predicted octanol–water partition coefficient (Wildman–Crippen LogP) is 4.07. The lowest BCUT2D eigenvalue weighted by atomic mass is 10.2. The van der Waals surface area contributed by atoms with Crippen molar-refractivity contribution in [2.45, 2.75) is 11.8 Å². The van der Waals surface area contributed by atoms with Crippen molar-refractivity contribution in [3.63, 3.8) is 0 Å². The summed E-state index contributed by atoms with van der Waals surface area (Å²) in [5, 5.41) is 2.75. The van der Waals surface area contributed by atoms with E-state index in [1.54, 1.807) is 30.3 Å². The first-order valence-corrected chi connectivity index (χ1v) is 10.5. The summed E-state index contributed by atoms with van der Waals surface area (Å²) in [6, 6.07) is 17.8. The molecule has 0 aromatic heterocycles. The SMILES string of the molecule is COc1ccc(OC)c(NC(=O)c2ccc(S(=O)(=O)Nc3ccccc3C)cc2)c1. The average Bonchev–Trinajstić information content (AvgIpc) is 2.75. The topological polar surface area (TPSA) is 93.7 Å².